The Morgan fingerprint density at radius 3 is 2.12 bits per heavy atom. The molecule has 2 rings (SSSR count). The van der Waals surface area contributed by atoms with E-state index in [2.05, 4.69) is 64.6 Å². The number of nitrogens with zero attached hydrogens (tertiary/aromatic N) is 2. The Balaban J connectivity index is 2.13. The Kier molecular flexibility index (Phi) is 5.23. The molecule has 1 heterocycles. The smallest absolute Gasteiger partial charge is 0.189 e. The van der Waals surface area contributed by atoms with Crippen molar-refractivity contribution in [3.8, 4) is 0 Å². The molecule has 0 spiro atoms. The SMILES string of the molecule is CC(C)(C)C1=NC(C)(C(C)(C)C)N=C1NNC(=S)Nc1ccccc1. The maximum Gasteiger partial charge on any atom is 0.189 e. The quantitative estimate of drug-likeness (QED) is 0.521. The number of thiocarbonyl (C=S) groups is 1. The van der Waals surface area contributed by atoms with Crippen LogP contribution in [0.25, 0.3) is 0 Å². The van der Waals surface area contributed by atoms with Crippen molar-refractivity contribution in [2.24, 2.45) is 20.8 Å². The number of hydrazine groups is 1. The normalized spacial score (nSPS) is 20.6. The van der Waals surface area contributed by atoms with Crippen LogP contribution in [0.1, 0.15) is 48.5 Å². The largest absolute Gasteiger partial charge is 0.331 e. The summed E-state index contributed by atoms with van der Waals surface area (Å²) in [4.78, 5) is 9.82. The van der Waals surface area contributed by atoms with Gasteiger partial charge in [0.15, 0.2) is 16.6 Å². The summed E-state index contributed by atoms with van der Waals surface area (Å²) in [6, 6.07) is 9.79. The van der Waals surface area contributed by atoms with Gasteiger partial charge in [-0.25, -0.2) is 4.99 Å². The van der Waals surface area contributed by atoms with Crippen molar-refractivity contribution >= 4 is 34.6 Å². The lowest BCUT2D eigenvalue weighted by molar-refractivity contribution is 0.224. The minimum absolute atomic E-state index is 0.0876. The zero-order valence-electron chi connectivity index (χ0n) is 16.2. The fourth-order valence-corrected chi connectivity index (χ4v) is 2.48. The second kappa shape index (κ2) is 6.75. The van der Waals surface area contributed by atoms with Crippen LogP contribution in [-0.4, -0.2) is 22.3 Å². The fourth-order valence-electron chi connectivity index (χ4n) is 2.31. The van der Waals surface area contributed by atoms with Gasteiger partial charge < -0.3 is 5.32 Å². The lowest BCUT2D eigenvalue weighted by Gasteiger charge is -2.33. The number of hydrogen-bond acceptors (Lipinski definition) is 4. The molecule has 0 aliphatic carbocycles. The van der Waals surface area contributed by atoms with E-state index in [0.717, 1.165) is 17.2 Å². The molecule has 0 amide bonds. The van der Waals surface area contributed by atoms with E-state index >= 15 is 0 Å². The second-order valence-corrected chi connectivity index (χ2v) is 8.92. The zero-order chi connectivity index (χ0) is 18.9. The average molecular weight is 360 g/mol. The van der Waals surface area contributed by atoms with Crippen LogP contribution >= 0.6 is 12.2 Å². The lowest BCUT2D eigenvalue weighted by atomic mass is 9.82. The van der Waals surface area contributed by atoms with E-state index in [-0.39, 0.29) is 10.8 Å². The molecule has 0 radical (unpaired) electrons. The van der Waals surface area contributed by atoms with Gasteiger partial charge in [-0.3, -0.25) is 15.8 Å². The molecule has 1 unspecified atom stereocenters. The number of nitrogens with one attached hydrogen (secondary N) is 3. The number of amidine groups is 1. The third-order valence-corrected chi connectivity index (χ3v) is 4.54. The van der Waals surface area contributed by atoms with E-state index in [1.807, 2.05) is 30.3 Å². The molecule has 1 aromatic carbocycles. The van der Waals surface area contributed by atoms with E-state index in [1.165, 1.54) is 0 Å². The molecule has 0 aromatic heterocycles. The molecular formula is C19H29N5S. The standard InChI is InChI=1S/C19H29N5S/c1-17(2,3)14-15(22-19(7,21-14)18(4,5)6)23-24-16(25)20-13-11-9-8-10-12-13/h8-12H,1-7H3,(H,22,23)(H2,20,24,25). The van der Waals surface area contributed by atoms with Gasteiger partial charge in [-0.1, -0.05) is 59.7 Å². The molecule has 0 saturated carbocycles. The number of rotatable bonds is 1. The number of para-hydroxylation sites is 1. The molecule has 25 heavy (non-hydrogen) atoms. The molecule has 6 heteroatoms. The Morgan fingerprint density at radius 2 is 1.60 bits per heavy atom. The third-order valence-electron chi connectivity index (χ3n) is 4.34. The van der Waals surface area contributed by atoms with Gasteiger partial charge in [0.2, 0.25) is 0 Å². The number of anilines is 1. The Hall–Kier alpha value is -1.95. The summed E-state index contributed by atoms with van der Waals surface area (Å²) in [5.41, 5.74) is 7.34. The van der Waals surface area contributed by atoms with E-state index in [0.29, 0.717) is 5.11 Å². The molecular weight excluding hydrogens is 330 g/mol. The first-order valence-electron chi connectivity index (χ1n) is 8.51. The summed E-state index contributed by atoms with van der Waals surface area (Å²) in [6.45, 7) is 14.9. The first kappa shape index (κ1) is 19.4. The van der Waals surface area contributed by atoms with Crippen molar-refractivity contribution in [2.75, 3.05) is 5.32 Å². The van der Waals surface area contributed by atoms with Gasteiger partial charge in [0, 0.05) is 16.5 Å². The third kappa shape index (κ3) is 4.57. The van der Waals surface area contributed by atoms with E-state index in [4.69, 9.17) is 22.2 Å². The maximum atomic E-state index is 5.35. The summed E-state index contributed by atoms with van der Waals surface area (Å²) in [6.07, 6.45) is 0. The highest BCUT2D eigenvalue weighted by molar-refractivity contribution is 7.80. The summed E-state index contributed by atoms with van der Waals surface area (Å²) in [5.74, 6) is 0.738. The molecule has 1 aromatic rings. The van der Waals surface area contributed by atoms with Crippen LogP contribution in [0.15, 0.2) is 40.3 Å². The minimum atomic E-state index is -0.506. The number of aliphatic imine (C=N–C) groups is 2. The molecule has 5 nitrogen and oxygen atoms in total. The van der Waals surface area contributed by atoms with Crippen LogP contribution in [-0.2, 0) is 0 Å². The molecule has 136 valence electrons. The topological polar surface area (TPSA) is 60.8 Å². The predicted octanol–water partition coefficient (Wildman–Crippen LogP) is 4.14. The van der Waals surface area contributed by atoms with Crippen molar-refractivity contribution in [1.82, 2.24) is 10.9 Å². The average Bonchev–Trinajstić information content (AvgIpc) is 2.85. The summed E-state index contributed by atoms with van der Waals surface area (Å²) in [5, 5.41) is 3.61. The van der Waals surface area contributed by atoms with Crippen molar-refractivity contribution in [3.05, 3.63) is 30.3 Å². The summed E-state index contributed by atoms with van der Waals surface area (Å²) >= 11 is 5.35. The Labute approximate surface area is 156 Å². The van der Waals surface area contributed by atoms with Crippen LogP contribution in [0.4, 0.5) is 5.69 Å². The molecule has 1 aliphatic rings. The summed E-state index contributed by atoms with van der Waals surface area (Å²) in [7, 11) is 0. The van der Waals surface area contributed by atoms with E-state index in [1.54, 1.807) is 0 Å². The van der Waals surface area contributed by atoms with Crippen LogP contribution in [0.2, 0.25) is 0 Å². The van der Waals surface area contributed by atoms with Crippen molar-refractivity contribution in [1.29, 1.82) is 0 Å². The van der Waals surface area contributed by atoms with Crippen LogP contribution in [0.3, 0.4) is 0 Å². The van der Waals surface area contributed by atoms with Gasteiger partial charge in [0.25, 0.3) is 0 Å². The van der Waals surface area contributed by atoms with Crippen LogP contribution < -0.4 is 16.2 Å². The fraction of sp³-hybridized carbons (Fsp3) is 0.526. The maximum absolute atomic E-state index is 5.35. The van der Waals surface area contributed by atoms with E-state index in [9.17, 15) is 0 Å². The van der Waals surface area contributed by atoms with Gasteiger partial charge in [-0.2, -0.15) is 0 Å². The highest BCUT2D eigenvalue weighted by Gasteiger charge is 2.44. The van der Waals surface area contributed by atoms with Crippen molar-refractivity contribution < 1.29 is 0 Å². The Bertz CT molecular complexity index is 695. The van der Waals surface area contributed by atoms with Crippen molar-refractivity contribution in [3.63, 3.8) is 0 Å². The van der Waals surface area contributed by atoms with Crippen LogP contribution in [0.5, 0.6) is 0 Å². The van der Waals surface area contributed by atoms with Gasteiger partial charge in [-0.15, -0.1) is 0 Å². The number of benzene rings is 1. The zero-order valence-corrected chi connectivity index (χ0v) is 17.0. The highest BCUT2D eigenvalue weighted by atomic mass is 32.1. The van der Waals surface area contributed by atoms with Gasteiger partial charge >= 0.3 is 0 Å². The molecule has 1 atom stereocenters. The molecule has 1 aliphatic heterocycles. The summed E-state index contributed by atoms with van der Waals surface area (Å²) < 4.78 is 0. The number of hydrogen-bond donors (Lipinski definition) is 3. The minimum Gasteiger partial charge on any atom is -0.331 e. The second-order valence-electron chi connectivity index (χ2n) is 8.51. The van der Waals surface area contributed by atoms with Crippen molar-refractivity contribution in [2.45, 2.75) is 54.1 Å². The molecule has 0 fully saturated rings. The predicted molar refractivity (Wildman–Crippen MR) is 111 cm³/mol. The van der Waals surface area contributed by atoms with Gasteiger partial charge in [-0.05, 0) is 31.3 Å². The molecule has 0 saturated heterocycles. The first-order chi connectivity index (χ1) is 11.4. The van der Waals surface area contributed by atoms with Crippen LogP contribution in [0, 0.1) is 10.8 Å². The van der Waals surface area contributed by atoms with E-state index < -0.39 is 5.66 Å². The molecule has 0 bridgehead atoms. The van der Waals surface area contributed by atoms with Gasteiger partial charge in [0.1, 0.15) is 0 Å². The lowest BCUT2D eigenvalue weighted by Crippen LogP contribution is -2.48. The van der Waals surface area contributed by atoms with Gasteiger partial charge in [0.05, 0.1) is 5.71 Å². The Morgan fingerprint density at radius 1 is 1.00 bits per heavy atom. The first-order valence-corrected chi connectivity index (χ1v) is 8.92. The highest BCUT2D eigenvalue weighted by Crippen LogP contribution is 2.39. The molecule has 3 N–H and O–H groups in total. The monoisotopic (exact) mass is 359 g/mol.